The van der Waals surface area contributed by atoms with Crippen molar-refractivity contribution in [1.29, 1.82) is 5.26 Å². The summed E-state index contributed by atoms with van der Waals surface area (Å²) in [7, 11) is 0. The normalized spacial score (nSPS) is 9.77. The lowest BCUT2D eigenvalue weighted by molar-refractivity contribution is -0.132. The van der Waals surface area contributed by atoms with E-state index in [-0.39, 0.29) is 11.9 Å². The van der Waals surface area contributed by atoms with Crippen LogP contribution in [0.15, 0.2) is 0 Å². The van der Waals surface area contributed by atoms with Crippen LogP contribution in [0.3, 0.4) is 0 Å². The van der Waals surface area contributed by atoms with Gasteiger partial charge in [0.05, 0.1) is 12.5 Å². The monoisotopic (exact) mass is 246 g/mol. The molecule has 0 N–H and O–H groups in total. The number of hydrogen-bond acceptors (Lipinski definition) is 2. The molecule has 0 bridgehead atoms. The molecule has 0 saturated carbocycles. The lowest BCUT2D eigenvalue weighted by atomic mass is 10.2. The Morgan fingerprint density at radius 1 is 1.62 bits per heavy atom. The second-order valence-corrected chi connectivity index (χ2v) is 3.82. The van der Waals surface area contributed by atoms with Crippen molar-refractivity contribution in [2.24, 2.45) is 0 Å². The van der Waals surface area contributed by atoms with Crippen LogP contribution in [-0.2, 0) is 4.79 Å². The minimum Gasteiger partial charge on any atom is -0.339 e. The molecule has 0 aromatic carbocycles. The minimum absolute atomic E-state index is 0.113. The summed E-state index contributed by atoms with van der Waals surface area (Å²) in [6.45, 7) is 4.47. The van der Waals surface area contributed by atoms with Gasteiger partial charge < -0.3 is 4.90 Å². The zero-order valence-electron chi connectivity index (χ0n) is 8.09. The lowest BCUT2D eigenvalue weighted by Crippen LogP contribution is -2.37. The van der Waals surface area contributed by atoms with Crippen LogP contribution >= 0.6 is 15.9 Å². The highest BCUT2D eigenvalue weighted by Crippen LogP contribution is 2.04. The minimum atomic E-state index is 0.113. The van der Waals surface area contributed by atoms with E-state index in [4.69, 9.17) is 5.26 Å². The molecular formula is C9H15BrN2O. The maximum absolute atomic E-state index is 11.5. The van der Waals surface area contributed by atoms with E-state index in [1.54, 1.807) is 4.90 Å². The third kappa shape index (κ3) is 4.89. The Balaban J connectivity index is 4.09. The molecule has 0 aromatic rings. The van der Waals surface area contributed by atoms with Crippen LogP contribution < -0.4 is 0 Å². The first-order chi connectivity index (χ1) is 6.13. The summed E-state index contributed by atoms with van der Waals surface area (Å²) in [5.41, 5.74) is 0. The summed E-state index contributed by atoms with van der Waals surface area (Å²) in [5, 5.41) is 9.09. The molecule has 0 fully saturated rings. The number of nitrogens with zero attached hydrogens (tertiary/aromatic N) is 2. The van der Waals surface area contributed by atoms with Gasteiger partial charge in [-0.15, -0.1) is 0 Å². The first-order valence-electron chi connectivity index (χ1n) is 4.35. The van der Waals surface area contributed by atoms with Crippen molar-refractivity contribution in [2.45, 2.75) is 32.7 Å². The summed E-state index contributed by atoms with van der Waals surface area (Å²) >= 11 is 3.22. The second kappa shape index (κ2) is 6.90. The molecule has 13 heavy (non-hydrogen) atoms. The number of carbonyl (C=O) groups excluding carboxylic acids is 1. The zero-order chi connectivity index (χ0) is 10.3. The van der Waals surface area contributed by atoms with E-state index < -0.39 is 0 Å². The molecule has 0 atom stereocenters. The van der Waals surface area contributed by atoms with Gasteiger partial charge in [-0.2, -0.15) is 5.26 Å². The van der Waals surface area contributed by atoms with Crippen molar-refractivity contribution < 1.29 is 4.79 Å². The van der Waals surface area contributed by atoms with Crippen molar-refractivity contribution in [3.63, 3.8) is 0 Å². The summed E-state index contributed by atoms with van der Waals surface area (Å²) in [6.07, 6.45) is 0.913. The Labute approximate surface area is 87.8 Å². The zero-order valence-corrected chi connectivity index (χ0v) is 9.67. The SMILES string of the molecule is CC(C)N(CCC#N)C(=O)CCBr. The molecule has 0 heterocycles. The van der Waals surface area contributed by atoms with Gasteiger partial charge in [0.25, 0.3) is 0 Å². The Bertz CT molecular complexity index is 198. The van der Waals surface area contributed by atoms with Gasteiger partial charge in [-0.3, -0.25) is 4.79 Å². The van der Waals surface area contributed by atoms with Gasteiger partial charge in [0.15, 0.2) is 0 Å². The third-order valence-electron chi connectivity index (χ3n) is 1.72. The molecule has 0 rings (SSSR count). The van der Waals surface area contributed by atoms with E-state index in [0.29, 0.717) is 24.7 Å². The second-order valence-electron chi connectivity index (χ2n) is 3.03. The average Bonchev–Trinajstić information content (AvgIpc) is 2.05. The Kier molecular flexibility index (Phi) is 6.61. The van der Waals surface area contributed by atoms with Gasteiger partial charge >= 0.3 is 0 Å². The fraction of sp³-hybridized carbons (Fsp3) is 0.778. The number of carbonyl (C=O) groups is 1. The highest BCUT2D eigenvalue weighted by atomic mass is 79.9. The van der Waals surface area contributed by atoms with Gasteiger partial charge in [0.2, 0.25) is 5.91 Å². The van der Waals surface area contributed by atoms with Crippen LogP contribution in [0.1, 0.15) is 26.7 Å². The number of nitriles is 1. The van der Waals surface area contributed by atoms with Gasteiger partial charge in [0.1, 0.15) is 0 Å². The fourth-order valence-corrected chi connectivity index (χ4v) is 1.40. The number of halogens is 1. The van der Waals surface area contributed by atoms with Crippen molar-refractivity contribution in [1.82, 2.24) is 4.90 Å². The Morgan fingerprint density at radius 3 is 2.62 bits per heavy atom. The van der Waals surface area contributed by atoms with Crippen LogP contribution in [0.5, 0.6) is 0 Å². The highest BCUT2D eigenvalue weighted by Gasteiger charge is 2.14. The maximum Gasteiger partial charge on any atom is 0.223 e. The van der Waals surface area contributed by atoms with Crippen molar-refractivity contribution in [2.75, 3.05) is 11.9 Å². The summed E-state index contributed by atoms with van der Waals surface area (Å²) in [5.74, 6) is 0.113. The van der Waals surface area contributed by atoms with E-state index in [1.165, 1.54) is 0 Å². The van der Waals surface area contributed by atoms with Crippen molar-refractivity contribution >= 4 is 21.8 Å². The molecule has 0 aliphatic heterocycles. The van der Waals surface area contributed by atoms with E-state index in [1.807, 2.05) is 19.9 Å². The quantitative estimate of drug-likeness (QED) is 0.696. The maximum atomic E-state index is 11.5. The number of amides is 1. The predicted molar refractivity (Wildman–Crippen MR) is 55.5 cm³/mol. The van der Waals surface area contributed by atoms with Gasteiger partial charge in [-0.1, -0.05) is 15.9 Å². The fourth-order valence-electron chi connectivity index (χ4n) is 1.07. The van der Waals surface area contributed by atoms with Crippen LogP contribution in [-0.4, -0.2) is 28.7 Å². The van der Waals surface area contributed by atoms with Crippen molar-refractivity contribution in [3.8, 4) is 6.07 Å². The van der Waals surface area contributed by atoms with Crippen LogP contribution in [0.25, 0.3) is 0 Å². The molecule has 1 amide bonds. The number of alkyl halides is 1. The number of rotatable bonds is 5. The van der Waals surface area contributed by atoms with Crippen LogP contribution in [0, 0.1) is 11.3 Å². The molecule has 74 valence electrons. The van der Waals surface area contributed by atoms with Crippen LogP contribution in [0.4, 0.5) is 0 Å². The van der Waals surface area contributed by atoms with E-state index in [0.717, 1.165) is 0 Å². The van der Waals surface area contributed by atoms with E-state index in [9.17, 15) is 4.79 Å². The van der Waals surface area contributed by atoms with Gasteiger partial charge in [-0.05, 0) is 13.8 Å². The van der Waals surface area contributed by atoms with Gasteiger partial charge in [-0.25, -0.2) is 0 Å². The first kappa shape index (κ1) is 12.4. The Morgan fingerprint density at radius 2 is 2.23 bits per heavy atom. The summed E-state index contributed by atoms with van der Waals surface area (Å²) in [6, 6.07) is 2.22. The first-order valence-corrected chi connectivity index (χ1v) is 5.48. The molecule has 0 aliphatic rings. The molecule has 0 aromatic heterocycles. The molecule has 0 aliphatic carbocycles. The summed E-state index contributed by atoms with van der Waals surface area (Å²) in [4.78, 5) is 13.2. The third-order valence-corrected chi connectivity index (χ3v) is 2.11. The van der Waals surface area contributed by atoms with Gasteiger partial charge in [0, 0.05) is 24.3 Å². The molecular weight excluding hydrogens is 232 g/mol. The molecule has 3 nitrogen and oxygen atoms in total. The standard InChI is InChI=1S/C9H15BrN2O/c1-8(2)12(7-3-6-11)9(13)4-5-10/h8H,3-5,7H2,1-2H3. The van der Waals surface area contributed by atoms with E-state index >= 15 is 0 Å². The van der Waals surface area contributed by atoms with E-state index in [2.05, 4.69) is 15.9 Å². The highest BCUT2D eigenvalue weighted by molar-refractivity contribution is 9.09. The molecule has 4 heteroatoms. The predicted octanol–water partition coefficient (Wildman–Crippen LogP) is 1.92. The lowest BCUT2D eigenvalue weighted by Gasteiger charge is -2.25. The molecule has 0 unspecified atom stereocenters. The Hall–Kier alpha value is -0.560. The molecule has 0 radical (unpaired) electrons. The largest absolute Gasteiger partial charge is 0.339 e. The van der Waals surface area contributed by atoms with Crippen LogP contribution in [0.2, 0.25) is 0 Å². The van der Waals surface area contributed by atoms with Crippen molar-refractivity contribution in [3.05, 3.63) is 0 Å². The smallest absolute Gasteiger partial charge is 0.223 e. The topological polar surface area (TPSA) is 44.1 Å². The molecule has 0 spiro atoms. The summed E-state index contributed by atoms with van der Waals surface area (Å²) < 4.78 is 0. The number of hydrogen-bond donors (Lipinski definition) is 0. The average molecular weight is 247 g/mol. The molecule has 0 saturated heterocycles.